The molecule has 0 fully saturated rings. The van der Waals surface area contributed by atoms with E-state index in [4.69, 9.17) is 0 Å². The number of ketones is 5. The first-order valence-corrected chi connectivity index (χ1v) is 19.4. The number of benzene rings is 1. The van der Waals surface area contributed by atoms with E-state index in [2.05, 4.69) is 17.6 Å². The van der Waals surface area contributed by atoms with Gasteiger partial charge in [0.05, 0.1) is 30.7 Å². The Labute approximate surface area is 325 Å². The summed E-state index contributed by atoms with van der Waals surface area (Å²) in [4.78, 5) is 103. The predicted molar refractivity (Wildman–Crippen MR) is 208 cm³/mol. The standard InChI is InChI=1S/C40H62BN3O11/c1-8-9-10-11-12-29-13-15-30(16-14-29)35(50)23-31(24-45)40(54)42-27(4)33(48)17-18-37(52)44(7)38(28(5)47)36(51)21-25(2)39(53)43-32(22-26(3)46)34(49)19-20-41(6)55/h13-16,25,27-28,31-32,38,45,47,55H,8-12,17-24H2,1-7H3,(H,42,54)(H,43,53)/t25-,27-,28?,31-,32+,38+/m1/s1. The molecule has 14 nitrogen and oxygen atoms in total. The molecule has 1 aromatic rings. The summed E-state index contributed by atoms with van der Waals surface area (Å²) < 4.78 is 0. The molecule has 55 heavy (non-hydrogen) atoms. The zero-order valence-corrected chi connectivity index (χ0v) is 33.6. The van der Waals surface area contributed by atoms with Crippen LogP contribution in [0, 0.1) is 11.8 Å². The predicted octanol–water partition coefficient (Wildman–Crippen LogP) is 2.68. The fourth-order valence-electron chi connectivity index (χ4n) is 6.08. The molecule has 0 radical (unpaired) electrons. The molecule has 1 aromatic carbocycles. The number of unbranched alkanes of at least 4 members (excludes halogenated alkanes) is 3. The van der Waals surface area contributed by atoms with Gasteiger partial charge in [-0.05, 0) is 45.5 Å². The smallest absolute Gasteiger partial charge is 0.286 e. The number of aliphatic hydroxyl groups is 2. The van der Waals surface area contributed by atoms with Gasteiger partial charge in [-0.25, -0.2) is 0 Å². The van der Waals surface area contributed by atoms with Crippen LogP contribution in [-0.4, -0.2) is 112 Å². The maximum absolute atomic E-state index is 13.3. The van der Waals surface area contributed by atoms with Gasteiger partial charge in [0.1, 0.15) is 11.8 Å². The number of likely N-dealkylation sites (N-methyl/N-ethyl adjacent to an activating group) is 1. The van der Waals surface area contributed by atoms with E-state index in [1.54, 1.807) is 12.1 Å². The third-order valence-corrected chi connectivity index (χ3v) is 9.60. The van der Waals surface area contributed by atoms with Crippen molar-refractivity contribution in [3.8, 4) is 0 Å². The van der Waals surface area contributed by atoms with Gasteiger partial charge >= 0.3 is 0 Å². The summed E-state index contributed by atoms with van der Waals surface area (Å²) in [5.41, 5.74) is 1.53. The molecule has 0 aliphatic rings. The van der Waals surface area contributed by atoms with Gasteiger partial charge in [0.2, 0.25) is 17.7 Å². The zero-order valence-electron chi connectivity index (χ0n) is 33.6. The lowest BCUT2D eigenvalue weighted by molar-refractivity contribution is -0.143. The first-order valence-electron chi connectivity index (χ1n) is 19.4. The van der Waals surface area contributed by atoms with Crippen LogP contribution in [0.4, 0.5) is 0 Å². The highest BCUT2D eigenvalue weighted by atomic mass is 16.3. The first kappa shape index (κ1) is 48.9. The monoisotopic (exact) mass is 771 g/mol. The second-order valence-electron chi connectivity index (χ2n) is 14.8. The van der Waals surface area contributed by atoms with Crippen molar-refractivity contribution >= 4 is 53.6 Å². The van der Waals surface area contributed by atoms with Gasteiger partial charge in [0.15, 0.2) is 23.1 Å². The first-order chi connectivity index (χ1) is 25.8. The van der Waals surface area contributed by atoms with Crippen molar-refractivity contribution in [3.05, 3.63) is 35.4 Å². The third-order valence-electron chi connectivity index (χ3n) is 9.60. The SMILES string of the molecule is CCCCCCc1ccc(C(=O)C[C@H](CO)C(=O)N[C@H](C)C(=O)CCC(=O)N(C)[C@H](C(=O)C[C@@H](C)C(=O)N[C@@H](CC(C)=O)C(=O)CCB(C)O)C(C)O)cc1. The summed E-state index contributed by atoms with van der Waals surface area (Å²) in [6.45, 7) is 7.71. The van der Waals surface area contributed by atoms with Crippen molar-refractivity contribution < 1.29 is 53.6 Å². The van der Waals surface area contributed by atoms with Crippen molar-refractivity contribution in [2.45, 2.75) is 143 Å². The summed E-state index contributed by atoms with van der Waals surface area (Å²) in [6, 6.07) is 3.63. The number of Topliss-reactive ketones (excluding diaryl/α,β-unsaturated/α-hetero) is 5. The molecule has 0 saturated carbocycles. The van der Waals surface area contributed by atoms with Crippen molar-refractivity contribution in [1.29, 1.82) is 0 Å². The zero-order chi connectivity index (χ0) is 41.8. The highest BCUT2D eigenvalue weighted by molar-refractivity contribution is 6.48. The van der Waals surface area contributed by atoms with E-state index in [1.165, 1.54) is 48.0 Å². The summed E-state index contributed by atoms with van der Waals surface area (Å²) in [6.07, 6.45) is 2.55. The van der Waals surface area contributed by atoms with Crippen LogP contribution >= 0.6 is 0 Å². The Morgan fingerprint density at radius 3 is 1.98 bits per heavy atom. The van der Waals surface area contributed by atoms with Crippen LogP contribution in [0.3, 0.4) is 0 Å². The summed E-state index contributed by atoms with van der Waals surface area (Å²) in [5, 5.41) is 34.8. The molecule has 6 atom stereocenters. The minimum absolute atomic E-state index is 0.0627. The summed E-state index contributed by atoms with van der Waals surface area (Å²) in [5.74, 6) is -6.38. The van der Waals surface area contributed by atoms with Crippen LogP contribution < -0.4 is 10.6 Å². The maximum Gasteiger partial charge on any atom is 0.286 e. The van der Waals surface area contributed by atoms with Crippen LogP contribution in [0.25, 0.3) is 0 Å². The van der Waals surface area contributed by atoms with Crippen molar-refractivity contribution in [2.75, 3.05) is 13.7 Å². The van der Waals surface area contributed by atoms with Gasteiger partial charge in [-0.2, -0.15) is 0 Å². The Kier molecular flexibility index (Phi) is 22.4. The normalized spacial score (nSPS) is 14.4. The number of carbonyl (C=O) groups is 8. The molecule has 1 rings (SSSR count). The van der Waals surface area contributed by atoms with Gasteiger partial charge in [-0.1, -0.05) is 64.2 Å². The van der Waals surface area contributed by atoms with Crippen LogP contribution in [0.5, 0.6) is 0 Å². The maximum atomic E-state index is 13.3. The molecule has 0 heterocycles. The Hall–Kier alpha value is -4.08. The van der Waals surface area contributed by atoms with Crippen LogP contribution in [0.2, 0.25) is 13.1 Å². The van der Waals surface area contributed by atoms with Crippen molar-refractivity contribution in [2.24, 2.45) is 11.8 Å². The molecule has 0 aliphatic heterocycles. The summed E-state index contributed by atoms with van der Waals surface area (Å²) in [7, 11) is 1.28. The average molecular weight is 772 g/mol. The van der Waals surface area contributed by atoms with Gasteiger partial charge < -0.3 is 30.8 Å². The molecule has 15 heteroatoms. The highest BCUT2D eigenvalue weighted by Crippen LogP contribution is 2.17. The third kappa shape index (κ3) is 18.0. The van der Waals surface area contributed by atoms with E-state index < -0.39 is 91.1 Å². The fourth-order valence-corrected chi connectivity index (χ4v) is 6.08. The Morgan fingerprint density at radius 2 is 1.44 bits per heavy atom. The molecule has 306 valence electrons. The van der Waals surface area contributed by atoms with E-state index in [-0.39, 0.29) is 50.0 Å². The molecule has 0 bridgehead atoms. The number of rotatable bonds is 28. The second kappa shape index (κ2) is 25.2. The van der Waals surface area contributed by atoms with Gasteiger partial charge in [0.25, 0.3) is 6.92 Å². The van der Waals surface area contributed by atoms with Crippen molar-refractivity contribution in [1.82, 2.24) is 15.5 Å². The Morgan fingerprint density at radius 1 is 0.800 bits per heavy atom. The van der Waals surface area contributed by atoms with E-state index >= 15 is 0 Å². The van der Waals surface area contributed by atoms with E-state index in [1.807, 2.05) is 12.1 Å². The Balaban J connectivity index is 2.75. The molecular weight excluding hydrogens is 709 g/mol. The number of amides is 3. The van der Waals surface area contributed by atoms with Gasteiger partial charge in [-0.3, -0.25) is 38.4 Å². The van der Waals surface area contributed by atoms with E-state index in [0.717, 1.165) is 36.1 Å². The topological polar surface area (TPSA) is 225 Å². The minimum Gasteiger partial charge on any atom is -0.451 e. The highest BCUT2D eigenvalue weighted by Gasteiger charge is 2.34. The average Bonchev–Trinajstić information content (AvgIpc) is 3.12. The van der Waals surface area contributed by atoms with Crippen LogP contribution in [-0.2, 0) is 40.0 Å². The number of aryl methyl sites for hydroxylation is 1. The number of aliphatic hydroxyl groups excluding tert-OH is 2. The molecule has 3 amide bonds. The lowest BCUT2D eigenvalue weighted by Crippen LogP contribution is -2.50. The largest absolute Gasteiger partial charge is 0.451 e. The van der Waals surface area contributed by atoms with Crippen LogP contribution in [0.15, 0.2) is 24.3 Å². The Bertz CT molecular complexity index is 1460. The number of nitrogens with one attached hydrogen (secondary N) is 2. The second-order valence-corrected chi connectivity index (χ2v) is 14.8. The number of carbonyl (C=O) groups excluding carboxylic acids is 8. The van der Waals surface area contributed by atoms with E-state index in [0.29, 0.717) is 5.56 Å². The molecule has 0 aromatic heterocycles. The minimum atomic E-state index is -1.36. The van der Waals surface area contributed by atoms with E-state index in [9.17, 15) is 53.6 Å². The molecule has 0 aliphatic carbocycles. The van der Waals surface area contributed by atoms with Crippen molar-refractivity contribution in [3.63, 3.8) is 0 Å². The molecule has 5 N–H and O–H groups in total. The lowest BCUT2D eigenvalue weighted by Gasteiger charge is -2.30. The number of hydrogen-bond acceptors (Lipinski definition) is 11. The molecule has 0 spiro atoms. The molecule has 1 unspecified atom stereocenters. The number of hydrogen-bond donors (Lipinski definition) is 5. The lowest BCUT2D eigenvalue weighted by atomic mass is 9.66. The molecule has 0 saturated heterocycles. The van der Waals surface area contributed by atoms with Gasteiger partial charge in [-0.15, -0.1) is 0 Å². The van der Waals surface area contributed by atoms with Gasteiger partial charge in [0, 0.05) is 57.1 Å². The summed E-state index contributed by atoms with van der Waals surface area (Å²) >= 11 is 0. The fraction of sp³-hybridized carbons (Fsp3) is 0.650. The van der Waals surface area contributed by atoms with Crippen LogP contribution in [0.1, 0.15) is 115 Å². The number of nitrogens with zero attached hydrogens (tertiary/aromatic N) is 1. The quantitative estimate of drug-likeness (QED) is 0.0473. The molecular formula is C40H62BN3O11.